The van der Waals surface area contributed by atoms with Crippen LogP contribution in [0.5, 0.6) is 0 Å². The summed E-state index contributed by atoms with van der Waals surface area (Å²) >= 11 is 0. The lowest BCUT2D eigenvalue weighted by atomic mass is 9.97. The highest BCUT2D eigenvalue weighted by Crippen LogP contribution is 2.20. The molecule has 5 nitrogen and oxygen atoms in total. The third-order valence-electron chi connectivity index (χ3n) is 4.09. The molecule has 1 aromatic heterocycles. The van der Waals surface area contributed by atoms with Gasteiger partial charge in [0, 0.05) is 19.6 Å². The monoisotopic (exact) mass is 273 g/mol. The molecule has 1 aromatic rings. The van der Waals surface area contributed by atoms with Crippen LogP contribution in [0, 0.1) is 0 Å². The molecule has 0 aromatic carbocycles. The Hall–Kier alpha value is -1.65. The lowest BCUT2D eigenvalue weighted by Crippen LogP contribution is -2.20. The molecule has 1 N–H and O–H groups in total. The van der Waals surface area contributed by atoms with Crippen LogP contribution in [-0.4, -0.2) is 34.8 Å². The number of hydrogen-bond donors (Lipinski definition) is 1. The molecular weight excluding hydrogens is 250 g/mol. The highest BCUT2D eigenvalue weighted by atomic mass is 15.3. The van der Waals surface area contributed by atoms with Gasteiger partial charge in [0.05, 0.1) is 6.20 Å². The number of rotatable bonds is 5. The minimum absolute atomic E-state index is 0.658. The second-order valence-electron chi connectivity index (χ2n) is 5.62. The standard InChI is InChI=1S/C15H23N5/c1-2-6-13(7-3-1)8-9-16-15-18-14(12-17-19-15)20-10-4-5-11-20/h6,12H,1-5,7-11H2,(H,16,18,19). The molecule has 2 aliphatic rings. The highest BCUT2D eigenvalue weighted by Gasteiger charge is 2.14. The zero-order valence-corrected chi connectivity index (χ0v) is 12.0. The zero-order valence-electron chi connectivity index (χ0n) is 12.0. The summed E-state index contributed by atoms with van der Waals surface area (Å²) in [5, 5.41) is 11.4. The van der Waals surface area contributed by atoms with Gasteiger partial charge in [0.2, 0.25) is 5.95 Å². The molecule has 5 heteroatoms. The molecule has 1 aliphatic heterocycles. The van der Waals surface area contributed by atoms with Crippen LogP contribution in [0.2, 0.25) is 0 Å². The molecule has 2 heterocycles. The Morgan fingerprint density at radius 3 is 2.85 bits per heavy atom. The van der Waals surface area contributed by atoms with Crippen LogP contribution in [-0.2, 0) is 0 Å². The second kappa shape index (κ2) is 6.68. The van der Waals surface area contributed by atoms with Crippen LogP contribution in [0.1, 0.15) is 44.9 Å². The molecule has 0 unspecified atom stereocenters. The van der Waals surface area contributed by atoms with E-state index in [1.165, 1.54) is 38.5 Å². The predicted octanol–water partition coefficient (Wildman–Crippen LogP) is 2.77. The van der Waals surface area contributed by atoms with Crippen molar-refractivity contribution in [3.8, 4) is 0 Å². The van der Waals surface area contributed by atoms with E-state index >= 15 is 0 Å². The summed E-state index contributed by atoms with van der Waals surface area (Å²) in [6.45, 7) is 3.08. The van der Waals surface area contributed by atoms with Gasteiger partial charge in [-0.3, -0.25) is 0 Å². The molecular formula is C15H23N5. The summed E-state index contributed by atoms with van der Waals surface area (Å²) in [4.78, 5) is 6.84. The summed E-state index contributed by atoms with van der Waals surface area (Å²) in [6.07, 6.45) is 13.0. The predicted molar refractivity (Wildman–Crippen MR) is 80.9 cm³/mol. The molecule has 0 saturated carbocycles. The van der Waals surface area contributed by atoms with E-state index in [0.717, 1.165) is 31.9 Å². The fraction of sp³-hybridized carbons (Fsp3) is 0.667. The Labute approximate surface area is 120 Å². The van der Waals surface area contributed by atoms with E-state index in [2.05, 4.69) is 31.5 Å². The Morgan fingerprint density at radius 1 is 1.15 bits per heavy atom. The van der Waals surface area contributed by atoms with Crippen LogP contribution < -0.4 is 10.2 Å². The highest BCUT2D eigenvalue weighted by molar-refractivity contribution is 5.40. The lowest BCUT2D eigenvalue weighted by molar-refractivity contribution is 0.678. The van der Waals surface area contributed by atoms with Gasteiger partial charge in [0.15, 0.2) is 5.82 Å². The maximum atomic E-state index is 4.56. The average Bonchev–Trinajstić information content (AvgIpc) is 3.03. The molecule has 0 radical (unpaired) electrons. The van der Waals surface area contributed by atoms with Crippen LogP contribution in [0.4, 0.5) is 11.8 Å². The van der Waals surface area contributed by atoms with E-state index in [1.807, 2.05) is 0 Å². The van der Waals surface area contributed by atoms with E-state index in [9.17, 15) is 0 Å². The fourth-order valence-electron chi connectivity index (χ4n) is 2.93. The smallest absolute Gasteiger partial charge is 0.244 e. The summed E-state index contributed by atoms with van der Waals surface area (Å²) in [6, 6.07) is 0. The van der Waals surface area contributed by atoms with Crippen molar-refractivity contribution in [2.24, 2.45) is 0 Å². The molecule has 0 bridgehead atoms. The molecule has 3 rings (SSSR count). The lowest BCUT2D eigenvalue weighted by Gasteiger charge is -2.16. The van der Waals surface area contributed by atoms with Gasteiger partial charge in [-0.15, -0.1) is 5.10 Å². The third-order valence-corrected chi connectivity index (χ3v) is 4.09. The van der Waals surface area contributed by atoms with Crippen LogP contribution in [0.3, 0.4) is 0 Å². The fourth-order valence-corrected chi connectivity index (χ4v) is 2.93. The summed E-state index contributed by atoms with van der Waals surface area (Å²) in [5.74, 6) is 1.61. The quantitative estimate of drug-likeness (QED) is 0.836. The van der Waals surface area contributed by atoms with Gasteiger partial charge in [-0.1, -0.05) is 11.6 Å². The molecule has 0 spiro atoms. The van der Waals surface area contributed by atoms with Gasteiger partial charge in [0.25, 0.3) is 0 Å². The minimum Gasteiger partial charge on any atom is -0.355 e. The van der Waals surface area contributed by atoms with Gasteiger partial charge < -0.3 is 10.2 Å². The second-order valence-corrected chi connectivity index (χ2v) is 5.62. The first-order chi connectivity index (χ1) is 9.92. The molecule has 108 valence electrons. The number of anilines is 2. The topological polar surface area (TPSA) is 53.9 Å². The van der Waals surface area contributed by atoms with Crippen molar-refractivity contribution in [2.45, 2.75) is 44.9 Å². The molecule has 1 saturated heterocycles. The first-order valence-corrected chi connectivity index (χ1v) is 7.78. The Kier molecular flexibility index (Phi) is 4.46. The van der Waals surface area contributed by atoms with E-state index in [1.54, 1.807) is 11.8 Å². The van der Waals surface area contributed by atoms with E-state index in [-0.39, 0.29) is 0 Å². The van der Waals surface area contributed by atoms with Crippen molar-refractivity contribution in [2.75, 3.05) is 29.9 Å². The van der Waals surface area contributed by atoms with Crippen molar-refractivity contribution in [3.63, 3.8) is 0 Å². The van der Waals surface area contributed by atoms with Crippen LogP contribution in [0.15, 0.2) is 17.8 Å². The van der Waals surface area contributed by atoms with Crippen molar-refractivity contribution in [1.29, 1.82) is 0 Å². The third kappa shape index (κ3) is 3.46. The van der Waals surface area contributed by atoms with Gasteiger partial charge >= 0.3 is 0 Å². The van der Waals surface area contributed by atoms with Crippen LogP contribution >= 0.6 is 0 Å². The van der Waals surface area contributed by atoms with E-state index in [4.69, 9.17) is 0 Å². The Bertz CT molecular complexity index is 465. The van der Waals surface area contributed by atoms with Gasteiger partial charge in [0.1, 0.15) is 0 Å². The zero-order chi connectivity index (χ0) is 13.6. The number of allylic oxidation sites excluding steroid dienone is 1. The van der Waals surface area contributed by atoms with Crippen molar-refractivity contribution < 1.29 is 0 Å². The summed E-state index contributed by atoms with van der Waals surface area (Å²) in [5.41, 5.74) is 1.58. The average molecular weight is 273 g/mol. The molecule has 0 amide bonds. The van der Waals surface area contributed by atoms with Crippen molar-refractivity contribution in [1.82, 2.24) is 15.2 Å². The molecule has 0 atom stereocenters. The maximum Gasteiger partial charge on any atom is 0.244 e. The maximum absolute atomic E-state index is 4.56. The van der Waals surface area contributed by atoms with Gasteiger partial charge in [-0.05, 0) is 44.9 Å². The normalized spacial score (nSPS) is 19.0. The largest absolute Gasteiger partial charge is 0.355 e. The SMILES string of the molecule is C1=C(CCNc2nncc(N3CCCC3)n2)CCCC1. The first kappa shape index (κ1) is 13.3. The number of hydrogen-bond acceptors (Lipinski definition) is 5. The summed E-state index contributed by atoms with van der Waals surface area (Å²) in [7, 11) is 0. The first-order valence-electron chi connectivity index (χ1n) is 7.78. The van der Waals surface area contributed by atoms with Crippen LogP contribution in [0.25, 0.3) is 0 Å². The molecule has 1 aliphatic carbocycles. The molecule has 1 fully saturated rings. The number of aromatic nitrogens is 3. The Morgan fingerprint density at radius 2 is 2.05 bits per heavy atom. The number of nitrogens with zero attached hydrogens (tertiary/aromatic N) is 4. The van der Waals surface area contributed by atoms with Gasteiger partial charge in [-0.2, -0.15) is 10.1 Å². The number of nitrogens with one attached hydrogen (secondary N) is 1. The minimum atomic E-state index is 0.658. The van der Waals surface area contributed by atoms with E-state index < -0.39 is 0 Å². The van der Waals surface area contributed by atoms with Crippen molar-refractivity contribution in [3.05, 3.63) is 17.8 Å². The Balaban J connectivity index is 1.52. The summed E-state index contributed by atoms with van der Waals surface area (Å²) < 4.78 is 0. The van der Waals surface area contributed by atoms with E-state index in [0.29, 0.717) is 5.95 Å². The van der Waals surface area contributed by atoms with Crippen molar-refractivity contribution >= 4 is 11.8 Å². The van der Waals surface area contributed by atoms with Gasteiger partial charge in [-0.25, -0.2) is 0 Å². The molecule has 20 heavy (non-hydrogen) atoms.